The van der Waals surface area contributed by atoms with Gasteiger partial charge in [-0.1, -0.05) is 158 Å². The Morgan fingerprint density at radius 1 is 0.780 bits per heavy atom. The van der Waals surface area contributed by atoms with E-state index in [0.717, 1.165) is 73.9 Å². The van der Waals surface area contributed by atoms with Crippen molar-refractivity contribution in [1.29, 1.82) is 0 Å². The summed E-state index contributed by atoms with van der Waals surface area (Å²) in [5.74, 6) is -1.23. The number of aliphatic hydroxyl groups excluding tert-OH is 3. The molecule has 82 heavy (non-hydrogen) atoms. The van der Waals surface area contributed by atoms with Crippen molar-refractivity contribution in [2.24, 2.45) is 5.41 Å². The molecular weight excluding hydrogens is 1150 g/mol. The topological polar surface area (TPSA) is 384 Å². The van der Waals surface area contributed by atoms with Crippen molar-refractivity contribution >= 4 is 69.1 Å². The van der Waals surface area contributed by atoms with Crippen molar-refractivity contribution in [3.8, 4) is 0 Å². The number of rotatable bonds is 45. The van der Waals surface area contributed by atoms with Gasteiger partial charge in [0.25, 0.3) is 0 Å². The molecule has 1 fully saturated rings. The van der Waals surface area contributed by atoms with Crippen molar-refractivity contribution < 1.29 is 85.6 Å². The summed E-state index contributed by atoms with van der Waals surface area (Å²) in [5.41, 5.74) is 4.26. The number of nitrogens with two attached hydrogens (primary N) is 1. The van der Waals surface area contributed by atoms with Gasteiger partial charge in [0.15, 0.2) is 22.8 Å². The van der Waals surface area contributed by atoms with Gasteiger partial charge in [-0.2, -0.15) is 4.31 Å². The zero-order chi connectivity index (χ0) is 60.4. The number of aromatic nitrogens is 4. The minimum Gasteiger partial charge on any atom is -0.393 e. The third-order valence-electron chi connectivity index (χ3n) is 13.0. The number of carbonyl (C=O) groups excluding carboxylic acids is 3. The number of thioether (sulfide) groups is 1. The average Bonchev–Trinajstić information content (AvgIpc) is 4.16. The molecule has 1 aliphatic heterocycles. The Balaban J connectivity index is 1.18. The van der Waals surface area contributed by atoms with E-state index in [1.54, 1.807) is 0 Å². The maximum atomic E-state index is 12.8. The van der Waals surface area contributed by atoms with Crippen molar-refractivity contribution in [2.45, 2.75) is 199 Å². The Bertz CT molecular complexity index is 2480. The van der Waals surface area contributed by atoms with Crippen LogP contribution >= 0.6 is 35.2 Å². The number of aliphatic hydroxyl groups is 3. The van der Waals surface area contributed by atoms with Crippen LogP contribution in [0.3, 0.4) is 0 Å². The van der Waals surface area contributed by atoms with Gasteiger partial charge < -0.3 is 56.0 Å². The number of anilines is 1. The quantitative estimate of drug-likeness (QED) is 0.0169. The van der Waals surface area contributed by atoms with Gasteiger partial charge in [-0.25, -0.2) is 28.6 Å². The molecule has 11 N–H and O–H groups in total. The molecule has 8 atom stereocenters. The molecule has 1 aliphatic rings. The Morgan fingerprint density at radius 2 is 1.34 bits per heavy atom. The highest BCUT2D eigenvalue weighted by atomic mass is 32.2. The molecule has 0 aliphatic carbocycles. The van der Waals surface area contributed by atoms with Gasteiger partial charge in [0.2, 0.25) is 11.8 Å². The predicted octanol–water partition coefficient (Wildman–Crippen LogP) is 8.46. The van der Waals surface area contributed by atoms with E-state index in [4.69, 9.17) is 19.5 Å². The highest BCUT2D eigenvalue weighted by Gasteiger charge is 2.50. The van der Waals surface area contributed by atoms with Crippen molar-refractivity contribution in [3.05, 3.63) is 61.3 Å². The number of nitrogen functional groups attached to an aromatic ring is 1. The maximum Gasteiger partial charge on any atom is 0.481 e. The fourth-order valence-electron chi connectivity index (χ4n) is 8.44. The van der Waals surface area contributed by atoms with E-state index in [0.29, 0.717) is 6.42 Å². The highest BCUT2D eigenvalue weighted by molar-refractivity contribution is 8.13. The molecule has 2 amide bonds. The zero-order valence-electron chi connectivity index (χ0n) is 47.6. The van der Waals surface area contributed by atoms with Crippen molar-refractivity contribution in [1.82, 2.24) is 30.2 Å². The van der Waals surface area contributed by atoms with Gasteiger partial charge in [-0.05, 0) is 51.4 Å². The second-order valence-electron chi connectivity index (χ2n) is 20.7. The summed E-state index contributed by atoms with van der Waals surface area (Å²) in [7, 11) is -16.5. The number of allylic oxidation sites excluding steroid dienone is 8. The lowest BCUT2D eigenvalue weighted by atomic mass is 9.87. The molecule has 0 radical (unpaired) electrons. The zero-order valence-corrected chi connectivity index (χ0v) is 51.1. The van der Waals surface area contributed by atoms with Crippen LogP contribution in [-0.4, -0.2) is 134 Å². The van der Waals surface area contributed by atoms with Crippen LogP contribution < -0.4 is 16.4 Å². The summed E-state index contributed by atoms with van der Waals surface area (Å²) in [6.45, 7) is 2.63. The number of ether oxygens (including phenoxy) is 1. The number of amides is 2. The summed E-state index contributed by atoms with van der Waals surface area (Å²) < 4.78 is 62.6. The van der Waals surface area contributed by atoms with Gasteiger partial charge in [0.05, 0.1) is 25.6 Å². The van der Waals surface area contributed by atoms with E-state index in [1.165, 1.54) is 90.9 Å². The SMILES string of the molecule is CCCCC/C=C\C/C=C\C/C=C\C/C=C\CCCCCCCCCCCCC[C@@H](O)CC(=O)SCCNC(=O)CCNC(=O)[C@H](O)C(C)(C)COP(=O)(O)OP(=O)(O)OC[C@H]1O[C@@H](n2cnc3c(N)ncnc32)[C@H](O)[C@@H]1OP(=O)(O)O. The van der Waals surface area contributed by atoms with Crippen LogP contribution in [0.25, 0.3) is 11.2 Å². The van der Waals surface area contributed by atoms with Crippen LogP contribution in [0.1, 0.15) is 168 Å². The van der Waals surface area contributed by atoms with Crippen LogP contribution in [0.2, 0.25) is 0 Å². The monoisotopic (exact) mass is 1240 g/mol. The predicted molar refractivity (Wildman–Crippen MR) is 312 cm³/mol. The van der Waals surface area contributed by atoms with Crippen LogP contribution in [-0.2, 0) is 50.7 Å². The first-order chi connectivity index (χ1) is 38.9. The molecule has 0 saturated carbocycles. The minimum absolute atomic E-state index is 0.0179. The summed E-state index contributed by atoms with van der Waals surface area (Å²) in [6, 6.07) is 0. The molecule has 3 heterocycles. The fourth-order valence-corrected chi connectivity index (χ4v) is 12.0. The number of hydrogen-bond donors (Lipinski definition) is 10. The van der Waals surface area contributed by atoms with Gasteiger partial charge in [0.1, 0.15) is 36.3 Å². The third-order valence-corrected chi connectivity index (χ3v) is 17.0. The number of nitrogens with one attached hydrogen (secondary N) is 2. The van der Waals surface area contributed by atoms with Gasteiger partial charge in [0, 0.05) is 37.1 Å². The molecule has 2 aromatic heterocycles. The number of unbranched alkanes of at least 4 members (excludes halogenated alkanes) is 14. The van der Waals surface area contributed by atoms with E-state index in [2.05, 4.69) is 90.0 Å². The number of phosphoric ester groups is 3. The third kappa shape index (κ3) is 30.5. The van der Waals surface area contributed by atoms with E-state index in [9.17, 15) is 63.0 Å². The lowest BCUT2D eigenvalue weighted by Gasteiger charge is -2.30. The Labute approximate surface area is 486 Å². The molecule has 466 valence electrons. The van der Waals surface area contributed by atoms with Gasteiger partial charge in [-0.3, -0.25) is 32.5 Å². The van der Waals surface area contributed by atoms with Gasteiger partial charge in [-0.15, -0.1) is 0 Å². The Kier molecular flexibility index (Phi) is 34.8. The lowest BCUT2D eigenvalue weighted by molar-refractivity contribution is -0.137. The fraction of sp³-hybridized carbons (Fsp3) is 0.698. The van der Waals surface area contributed by atoms with Crippen LogP contribution in [0.15, 0.2) is 61.3 Å². The summed E-state index contributed by atoms with van der Waals surface area (Å²) in [5, 5.41) is 36.8. The van der Waals surface area contributed by atoms with Crippen molar-refractivity contribution in [3.63, 3.8) is 0 Å². The summed E-state index contributed by atoms with van der Waals surface area (Å²) in [6.07, 6.45) is 33.1. The number of imidazole rings is 1. The van der Waals surface area contributed by atoms with E-state index in [1.807, 2.05) is 0 Å². The Hall–Kier alpha value is -3.52. The molecule has 25 nitrogen and oxygen atoms in total. The van der Waals surface area contributed by atoms with Gasteiger partial charge >= 0.3 is 23.5 Å². The molecule has 2 unspecified atom stereocenters. The van der Waals surface area contributed by atoms with Crippen molar-refractivity contribution in [2.75, 3.05) is 37.8 Å². The molecule has 29 heteroatoms. The number of nitrogens with zero attached hydrogens (tertiary/aromatic N) is 4. The van der Waals surface area contributed by atoms with E-state index >= 15 is 0 Å². The normalized spacial score (nSPS) is 19.4. The minimum atomic E-state index is -5.59. The molecule has 0 spiro atoms. The standard InChI is InChI=1S/C53H90N7O18P3S/c1-4-5-6-7-8-9-10-11-12-13-14-15-16-17-18-19-20-21-22-23-24-25-26-27-28-29-30-31-41(61)36-44(63)82-35-34-55-43(62)32-33-56-51(66)48(65)53(2,3)38-75-81(72,73)78-80(70,71)74-37-42-47(77-79(67,68)69)46(64)52(76-42)60-40-59-45-49(54)57-39-58-50(45)60/h8-9,11-12,14-15,17-18,39-42,46-48,52,61,64-65H,4-7,10,13,16,19-38H2,1-3H3,(H,55,62)(H,56,66)(H,70,71)(H,72,73)(H2,54,57,58)(H2,67,68,69)/b9-8-,12-11-,15-14-,18-17-/t41-,42-,46-,47-,48+,52-/m1/s1. The smallest absolute Gasteiger partial charge is 0.393 e. The van der Waals surface area contributed by atoms with Crippen LogP contribution in [0.5, 0.6) is 0 Å². The van der Waals surface area contributed by atoms with Crippen LogP contribution in [0, 0.1) is 5.41 Å². The lowest BCUT2D eigenvalue weighted by Crippen LogP contribution is -2.46. The Morgan fingerprint density at radius 3 is 1.94 bits per heavy atom. The van der Waals surface area contributed by atoms with Crippen LogP contribution in [0.4, 0.5) is 5.82 Å². The van der Waals surface area contributed by atoms with E-state index in [-0.39, 0.29) is 53.8 Å². The number of fused-ring (bicyclic) bond motifs is 1. The highest BCUT2D eigenvalue weighted by Crippen LogP contribution is 2.61. The van der Waals surface area contributed by atoms with E-state index < -0.39 is 90.7 Å². The average molecular weight is 1240 g/mol. The summed E-state index contributed by atoms with van der Waals surface area (Å²) >= 11 is 1.00. The molecule has 1 saturated heterocycles. The summed E-state index contributed by atoms with van der Waals surface area (Å²) in [4.78, 5) is 88.8. The maximum absolute atomic E-state index is 12.8. The molecule has 3 rings (SSSR count). The first-order valence-corrected chi connectivity index (χ1v) is 33.8. The second kappa shape index (κ2) is 39.2. The number of carbonyl (C=O) groups is 3. The first kappa shape index (κ1) is 72.7. The first-order valence-electron chi connectivity index (χ1n) is 28.3. The second-order valence-corrected chi connectivity index (χ2v) is 26.1. The number of hydrogen-bond acceptors (Lipinski definition) is 19. The molecule has 0 aromatic carbocycles. The number of phosphoric acid groups is 3. The molecule has 2 aromatic rings. The molecular formula is C53H90N7O18P3S. The molecule has 0 bridgehead atoms. The largest absolute Gasteiger partial charge is 0.481 e.